The van der Waals surface area contributed by atoms with Gasteiger partial charge in [0.2, 0.25) is 0 Å². The first kappa shape index (κ1) is 27.2. The number of piperidine rings is 1. The zero-order valence-corrected chi connectivity index (χ0v) is 21.9. The molecule has 3 atom stereocenters. The average molecular weight is 560 g/mol. The molecule has 2 fully saturated rings. The first-order chi connectivity index (χ1) is 18.8. The van der Waals surface area contributed by atoms with Crippen molar-refractivity contribution in [3.05, 3.63) is 59.2 Å². The van der Waals surface area contributed by atoms with Gasteiger partial charge in [-0.3, -0.25) is 0 Å². The molecule has 1 aliphatic carbocycles. The van der Waals surface area contributed by atoms with Gasteiger partial charge in [0.15, 0.2) is 5.76 Å². The summed E-state index contributed by atoms with van der Waals surface area (Å²) in [5, 5.41) is 16.9. The number of hydrogen-bond acceptors (Lipinski definition) is 7. The summed E-state index contributed by atoms with van der Waals surface area (Å²) in [6, 6.07) is 14.3. The summed E-state index contributed by atoms with van der Waals surface area (Å²) in [4.78, 5) is 6.67. The summed E-state index contributed by atoms with van der Waals surface area (Å²) in [5.74, 6) is 0.171. The van der Waals surface area contributed by atoms with Gasteiger partial charge in [0, 0.05) is 42.5 Å². The van der Waals surface area contributed by atoms with Gasteiger partial charge in [-0.2, -0.15) is 5.26 Å². The van der Waals surface area contributed by atoms with E-state index in [1.165, 1.54) is 24.3 Å². The van der Waals surface area contributed by atoms with Crippen molar-refractivity contribution in [1.82, 2.24) is 10.3 Å². The molecule has 2 aromatic carbocycles. The van der Waals surface area contributed by atoms with Crippen LogP contribution in [-0.2, 0) is 0 Å². The smallest absolute Gasteiger partial charge is 0.424 e. The number of anilines is 2. The summed E-state index contributed by atoms with van der Waals surface area (Å²) in [5.41, 5.74) is 2.10. The quantitative estimate of drug-likeness (QED) is 0.331. The van der Waals surface area contributed by atoms with Crippen molar-refractivity contribution >= 4 is 23.3 Å². The zero-order valence-electron chi connectivity index (χ0n) is 21.2. The molecule has 7 nitrogen and oxygen atoms in total. The van der Waals surface area contributed by atoms with Gasteiger partial charge in [0.05, 0.1) is 16.8 Å². The van der Waals surface area contributed by atoms with Crippen LogP contribution in [0.3, 0.4) is 0 Å². The van der Waals surface area contributed by atoms with Crippen molar-refractivity contribution in [2.45, 2.75) is 63.0 Å². The highest BCUT2D eigenvalue weighted by molar-refractivity contribution is 6.32. The van der Waals surface area contributed by atoms with E-state index in [0.717, 1.165) is 57.3 Å². The summed E-state index contributed by atoms with van der Waals surface area (Å²) >= 11 is 6.27. The Labute approximate surface area is 229 Å². The number of halogens is 4. The molecule has 2 aliphatic rings. The summed E-state index contributed by atoms with van der Waals surface area (Å²) in [6.45, 7) is 1.79. The van der Waals surface area contributed by atoms with Crippen LogP contribution < -0.4 is 20.3 Å². The molecule has 2 heterocycles. The number of aromatic nitrogens is 1. The monoisotopic (exact) mass is 559 g/mol. The lowest BCUT2D eigenvalue weighted by molar-refractivity contribution is -0.274. The van der Waals surface area contributed by atoms with Gasteiger partial charge >= 0.3 is 6.36 Å². The van der Waals surface area contributed by atoms with Crippen molar-refractivity contribution in [1.29, 1.82) is 5.26 Å². The van der Waals surface area contributed by atoms with E-state index in [0.29, 0.717) is 34.0 Å². The van der Waals surface area contributed by atoms with Crippen LogP contribution in [0.2, 0.25) is 5.02 Å². The minimum Gasteiger partial charge on any atom is -0.424 e. The number of nitriles is 1. The van der Waals surface area contributed by atoms with Gasteiger partial charge in [-0.05, 0) is 68.1 Å². The predicted octanol–water partition coefficient (Wildman–Crippen LogP) is 6.75. The van der Waals surface area contributed by atoms with Crippen LogP contribution in [0.15, 0.2) is 53.1 Å². The number of hydrogen-bond donors (Lipinski definition) is 2. The first-order valence-corrected chi connectivity index (χ1v) is 13.4. The molecule has 2 N–H and O–H groups in total. The molecule has 206 valence electrons. The average Bonchev–Trinajstić information content (AvgIpc) is 3.38. The largest absolute Gasteiger partial charge is 0.573 e. The van der Waals surface area contributed by atoms with Crippen molar-refractivity contribution in [2.75, 3.05) is 23.3 Å². The van der Waals surface area contributed by atoms with Crippen molar-refractivity contribution in [3.63, 3.8) is 0 Å². The molecular formula is C28H29ClF3N5O2. The Kier molecular flexibility index (Phi) is 8.19. The van der Waals surface area contributed by atoms with Crippen molar-refractivity contribution in [2.24, 2.45) is 0 Å². The van der Waals surface area contributed by atoms with Gasteiger partial charge in [-0.15, -0.1) is 13.2 Å². The van der Waals surface area contributed by atoms with Crippen molar-refractivity contribution < 1.29 is 22.3 Å². The van der Waals surface area contributed by atoms with E-state index < -0.39 is 6.36 Å². The fourth-order valence-electron chi connectivity index (χ4n) is 5.40. The van der Waals surface area contributed by atoms with Gasteiger partial charge in [-0.25, -0.2) is 4.98 Å². The lowest BCUT2D eigenvalue weighted by Crippen LogP contribution is -2.54. The van der Waals surface area contributed by atoms with Crippen LogP contribution >= 0.6 is 11.6 Å². The number of nitrogens with one attached hydrogen (secondary N) is 2. The Morgan fingerprint density at radius 3 is 2.54 bits per heavy atom. The molecule has 11 heteroatoms. The fraction of sp³-hybridized carbons (Fsp3) is 0.429. The molecular weight excluding hydrogens is 531 g/mol. The topological polar surface area (TPSA) is 86.4 Å². The Bertz CT molecular complexity index is 1310. The SMILES string of the molecule is N#Cc1ccc(N2CCC[C@H](N[C@@H]3CCCC[C@H]3Nc3ncc(-c4ccc(OC(F)(F)F)cc4)o3)C2)cc1Cl. The van der Waals surface area contributed by atoms with E-state index in [-0.39, 0.29) is 17.8 Å². The number of rotatable bonds is 7. The maximum Gasteiger partial charge on any atom is 0.573 e. The van der Waals surface area contributed by atoms with E-state index >= 15 is 0 Å². The second kappa shape index (κ2) is 11.8. The van der Waals surface area contributed by atoms with E-state index in [2.05, 4.69) is 31.3 Å². The third-order valence-corrected chi connectivity index (χ3v) is 7.58. The predicted molar refractivity (Wildman–Crippen MR) is 143 cm³/mol. The molecule has 0 radical (unpaired) electrons. The van der Waals surface area contributed by atoms with Crippen LogP contribution in [0.4, 0.5) is 24.9 Å². The molecule has 0 amide bonds. The van der Waals surface area contributed by atoms with E-state index in [1.807, 2.05) is 12.1 Å². The standard InChI is InChI=1S/C28H29ClF3N5O2/c29-23-14-21(10-7-19(23)15-33)37-13-3-4-20(17-37)35-24-5-1-2-6-25(24)36-27-34-16-26(38-27)18-8-11-22(12-9-18)39-28(30,31)32/h7-12,14,16,20,24-25,35H,1-6,13,17H2,(H,34,36)/t20-,24+,25+/m0/s1. The summed E-state index contributed by atoms with van der Waals surface area (Å²) in [7, 11) is 0. The maximum absolute atomic E-state index is 12.4. The Balaban J connectivity index is 1.20. The molecule has 5 rings (SSSR count). The first-order valence-electron chi connectivity index (χ1n) is 13.1. The van der Waals surface area contributed by atoms with E-state index in [9.17, 15) is 13.2 Å². The van der Waals surface area contributed by atoms with Crippen LogP contribution in [0, 0.1) is 11.3 Å². The molecule has 0 unspecified atom stereocenters. The van der Waals surface area contributed by atoms with Gasteiger partial charge in [0.25, 0.3) is 6.01 Å². The summed E-state index contributed by atoms with van der Waals surface area (Å²) < 4.78 is 47.1. The highest BCUT2D eigenvalue weighted by Gasteiger charge is 2.32. The molecule has 1 aliphatic heterocycles. The zero-order chi connectivity index (χ0) is 27.4. The lowest BCUT2D eigenvalue weighted by atomic mass is 9.89. The fourth-order valence-corrected chi connectivity index (χ4v) is 5.62. The second-order valence-corrected chi connectivity index (χ2v) is 10.4. The van der Waals surface area contributed by atoms with Crippen molar-refractivity contribution in [3.8, 4) is 23.1 Å². The molecule has 3 aromatic rings. The maximum atomic E-state index is 12.4. The number of ether oxygens (including phenoxy) is 1. The minimum absolute atomic E-state index is 0.132. The third-order valence-electron chi connectivity index (χ3n) is 7.26. The highest BCUT2D eigenvalue weighted by atomic mass is 35.5. The minimum atomic E-state index is -4.73. The highest BCUT2D eigenvalue weighted by Crippen LogP contribution is 2.30. The number of benzene rings is 2. The van der Waals surface area contributed by atoms with Gasteiger partial charge in [0.1, 0.15) is 11.8 Å². The molecule has 1 saturated carbocycles. The molecule has 0 spiro atoms. The molecule has 0 bridgehead atoms. The van der Waals surface area contributed by atoms with E-state index in [1.54, 1.807) is 12.3 Å². The van der Waals surface area contributed by atoms with E-state index in [4.69, 9.17) is 21.3 Å². The molecule has 1 saturated heterocycles. The lowest BCUT2D eigenvalue weighted by Gasteiger charge is -2.40. The number of nitrogens with zero attached hydrogens (tertiary/aromatic N) is 3. The Morgan fingerprint density at radius 1 is 1.05 bits per heavy atom. The molecule has 39 heavy (non-hydrogen) atoms. The van der Waals surface area contributed by atoms with Crippen LogP contribution in [-0.4, -0.2) is 42.6 Å². The van der Waals surface area contributed by atoms with Crippen LogP contribution in [0.25, 0.3) is 11.3 Å². The van der Waals surface area contributed by atoms with Crippen LogP contribution in [0.5, 0.6) is 5.75 Å². The van der Waals surface area contributed by atoms with Gasteiger partial charge < -0.3 is 24.7 Å². The van der Waals surface area contributed by atoms with Crippen LogP contribution in [0.1, 0.15) is 44.1 Å². The number of alkyl halides is 3. The Morgan fingerprint density at radius 2 is 1.82 bits per heavy atom. The third kappa shape index (κ3) is 6.97. The summed E-state index contributed by atoms with van der Waals surface area (Å²) in [6.07, 6.45) is 3.20. The molecule has 1 aromatic heterocycles. The number of oxazole rings is 1. The normalized spacial score (nSPS) is 21.8. The van der Waals surface area contributed by atoms with Gasteiger partial charge in [-0.1, -0.05) is 24.4 Å². The second-order valence-electron chi connectivity index (χ2n) is 9.97. The Hall–Kier alpha value is -3.42.